The lowest BCUT2D eigenvalue weighted by atomic mass is 10.1. The molecule has 28 heavy (non-hydrogen) atoms. The van der Waals surface area contributed by atoms with E-state index in [1.165, 1.54) is 46.6 Å². The number of hydrogen-bond acceptors (Lipinski definition) is 6. The van der Waals surface area contributed by atoms with Gasteiger partial charge in [-0.25, -0.2) is 8.42 Å². The summed E-state index contributed by atoms with van der Waals surface area (Å²) in [6.45, 7) is 0. The van der Waals surface area contributed by atoms with Gasteiger partial charge < -0.3 is 23.9 Å². The van der Waals surface area contributed by atoms with Gasteiger partial charge in [0.05, 0.1) is 33.3 Å². The number of sulfone groups is 1. The molecule has 1 aromatic heterocycles. The highest BCUT2D eigenvalue weighted by atomic mass is 32.2. The largest absolute Gasteiger partial charge is 0.493 e. The van der Waals surface area contributed by atoms with E-state index in [0.717, 1.165) is 10.9 Å². The van der Waals surface area contributed by atoms with Crippen LogP contribution in [0.5, 0.6) is 17.2 Å². The Bertz CT molecular complexity index is 1110. The van der Waals surface area contributed by atoms with Crippen LogP contribution in [-0.2, 0) is 14.6 Å². The maximum Gasteiger partial charge on any atom is 0.239 e. The Kier molecular flexibility index (Phi) is 5.51. The van der Waals surface area contributed by atoms with Gasteiger partial charge in [-0.1, -0.05) is 12.1 Å². The fourth-order valence-electron chi connectivity index (χ4n) is 2.94. The third-order valence-corrected chi connectivity index (χ3v) is 5.99. The second-order valence-corrected chi connectivity index (χ2v) is 7.70. The molecule has 0 aliphatic rings. The van der Waals surface area contributed by atoms with Gasteiger partial charge >= 0.3 is 0 Å². The summed E-state index contributed by atoms with van der Waals surface area (Å²) in [6.07, 6.45) is 3.29. The molecule has 148 valence electrons. The van der Waals surface area contributed by atoms with Crippen molar-refractivity contribution in [1.29, 1.82) is 0 Å². The van der Waals surface area contributed by atoms with Crippen LogP contribution in [0.15, 0.2) is 52.6 Å². The highest BCUT2D eigenvalue weighted by Crippen LogP contribution is 2.40. The standard InChI is InChI=1S/C20H21NO6S/c1-24-17-11-14(12-18(25-2)20(17)27-4)28(22,23)19(26-3)10-13-6-5-7-16-15(13)8-9-21-16/h5-12,21H,1-4H3/b19-10+. The molecule has 0 aliphatic carbocycles. The van der Waals surface area contributed by atoms with Gasteiger partial charge in [0.1, 0.15) is 0 Å². The van der Waals surface area contributed by atoms with Crippen molar-refractivity contribution in [2.45, 2.75) is 4.90 Å². The summed E-state index contributed by atoms with van der Waals surface area (Å²) in [5.74, 6) is 0.788. The normalized spacial score (nSPS) is 12.1. The lowest BCUT2D eigenvalue weighted by Gasteiger charge is -2.15. The minimum atomic E-state index is -3.98. The number of hydrogen-bond donors (Lipinski definition) is 1. The molecule has 0 saturated heterocycles. The predicted octanol–water partition coefficient (Wildman–Crippen LogP) is 3.61. The second-order valence-electron chi connectivity index (χ2n) is 5.82. The number of aromatic amines is 1. The number of H-pyrrole nitrogens is 1. The molecule has 0 radical (unpaired) electrons. The van der Waals surface area contributed by atoms with Gasteiger partial charge in [0.15, 0.2) is 11.5 Å². The molecule has 7 nitrogen and oxygen atoms in total. The van der Waals surface area contributed by atoms with Crippen molar-refractivity contribution < 1.29 is 27.4 Å². The van der Waals surface area contributed by atoms with Crippen molar-refractivity contribution in [2.24, 2.45) is 0 Å². The molecular formula is C20H21NO6S. The maximum absolute atomic E-state index is 13.2. The van der Waals surface area contributed by atoms with E-state index in [4.69, 9.17) is 18.9 Å². The van der Waals surface area contributed by atoms with Crippen LogP contribution in [0, 0.1) is 0 Å². The van der Waals surface area contributed by atoms with Crippen LogP contribution in [0.2, 0.25) is 0 Å². The van der Waals surface area contributed by atoms with E-state index >= 15 is 0 Å². The summed E-state index contributed by atoms with van der Waals surface area (Å²) >= 11 is 0. The highest BCUT2D eigenvalue weighted by molar-refractivity contribution is 7.95. The number of nitrogens with one attached hydrogen (secondary N) is 1. The lowest BCUT2D eigenvalue weighted by molar-refractivity contribution is 0.318. The van der Waals surface area contributed by atoms with E-state index in [0.29, 0.717) is 11.3 Å². The third-order valence-electron chi connectivity index (χ3n) is 4.32. The first-order valence-electron chi connectivity index (χ1n) is 8.33. The molecule has 3 aromatic rings. The van der Waals surface area contributed by atoms with Crippen molar-refractivity contribution in [1.82, 2.24) is 4.98 Å². The molecule has 0 spiro atoms. The Labute approximate surface area is 163 Å². The van der Waals surface area contributed by atoms with Crippen LogP contribution in [0.4, 0.5) is 0 Å². The van der Waals surface area contributed by atoms with E-state index in [1.807, 2.05) is 24.3 Å². The quantitative estimate of drug-likeness (QED) is 0.607. The van der Waals surface area contributed by atoms with E-state index in [9.17, 15) is 8.42 Å². The Balaban J connectivity index is 2.16. The number of benzene rings is 2. The zero-order valence-corrected chi connectivity index (χ0v) is 16.8. The fourth-order valence-corrected chi connectivity index (χ4v) is 4.20. The van der Waals surface area contributed by atoms with Crippen molar-refractivity contribution in [2.75, 3.05) is 28.4 Å². The highest BCUT2D eigenvalue weighted by Gasteiger charge is 2.26. The van der Waals surface area contributed by atoms with Gasteiger partial charge in [0, 0.05) is 35.3 Å². The average molecular weight is 403 g/mol. The van der Waals surface area contributed by atoms with Crippen LogP contribution in [0.3, 0.4) is 0 Å². The summed E-state index contributed by atoms with van der Waals surface area (Å²) in [7, 11) is 1.64. The zero-order chi connectivity index (χ0) is 20.3. The smallest absolute Gasteiger partial charge is 0.239 e. The fraction of sp³-hybridized carbons (Fsp3) is 0.200. The second kappa shape index (κ2) is 7.85. The number of fused-ring (bicyclic) bond motifs is 1. The predicted molar refractivity (Wildman–Crippen MR) is 107 cm³/mol. The maximum atomic E-state index is 13.2. The van der Waals surface area contributed by atoms with Gasteiger partial charge in [0.25, 0.3) is 0 Å². The first-order chi connectivity index (χ1) is 13.5. The van der Waals surface area contributed by atoms with E-state index < -0.39 is 9.84 Å². The molecule has 2 aromatic carbocycles. The topological polar surface area (TPSA) is 86.9 Å². The Morgan fingerprint density at radius 2 is 1.64 bits per heavy atom. The van der Waals surface area contributed by atoms with Crippen LogP contribution < -0.4 is 14.2 Å². The molecule has 8 heteroatoms. The Hall–Kier alpha value is -3.13. The van der Waals surface area contributed by atoms with Crippen molar-refractivity contribution >= 4 is 26.8 Å². The van der Waals surface area contributed by atoms with Gasteiger partial charge in [-0.15, -0.1) is 0 Å². The summed E-state index contributed by atoms with van der Waals surface area (Å²) in [5, 5.41) is 0.688. The average Bonchev–Trinajstić information content (AvgIpc) is 3.20. The van der Waals surface area contributed by atoms with E-state index in [2.05, 4.69) is 4.98 Å². The van der Waals surface area contributed by atoms with Gasteiger partial charge in [-0.05, 0) is 17.7 Å². The molecule has 1 heterocycles. The monoisotopic (exact) mass is 403 g/mol. The Morgan fingerprint density at radius 3 is 2.21 bits per heavy atom. The van der Waals surface area contributed by atoms with Gasteiger partial charge in [-0.3, -0.25) is 0 Å². The molecule has 0 atom stereocenters. The van der Waals surface area contributed by atoms with Crippen LogP contribution in [0.1, 0.15) is 5.56 Å². The summed E-state index contributed by atoms with van der Waals surface area (Å²) in [6, 6.07) is 10.2. The molecule has 3 rings (SSSR count). The van der Waals surface area contributed by atoms with Crippen molar-refractivity contribution in [3.05, 3.63) is 53.2 Å². The van der Waals surface area contributed by atoms with Crippen LogP contribution in [0.25, 0.3) is 17.0 Å². The molecule has 0 unspecified atom stereocenters. The molecule has 1 N–H and O–H groups in total. The molecule has 0 fully saturated rings. The summed E-state index contributed by atoms with van der Waals surface area (Å²) < 4.78 is 47.5. The Morgan fingerprint density at radius 1 is 0.964 bits per heavy atom. The number of ether oxygens (including phenoxy) is 4. The van der Waals surface area contributed by atoms with E-state index in [-0.39, 0.29) is 21.5 Å². The first-order valence-corrected chi connectivity index (χ1v) is 9.81. The molecule has 0 saturated carbocycles. The van der Waals surface area contributed by atoms with Crippen LogP contribution >= 0.6 is 0 Å². The first kappa shape index (κ1) is 19.6. The van der Waals surface area contributed by atoms with Crippen LogP contribution in [-0.4, -0.2) is 41.8 Å². The minimum absolute atomic E-state index is 0.0312. The van der Waals surface area contributed by atoms with Crippen molar-refractivity contribution in [3.8, 4) is 17.2 Å². The van der Waals surface area contributed by atoms with Gasteiger partial charge in [-0.2, -0.15) is 0 Å². The summed E-state index contributed by atoms with van der Waals surface area (Å²) in [5.41, 5.74) is 1.61. The third kappa shape index (κ3) is 3.38. The molecule has 0 amide bonds. The molecule has 0 aliphatic heterocycles. The summed E-state index contributed by atoms with van der Waals surface area (Å²) in [4.78, 5) is 3.07. The lowest BCUT2D eigenvalue weighted by Crippen LogP contribution is -2.08. The molecular weight excluding hydrogens is 382 g/mol. The number of methoxy groups -OCH3 is 4. The minimum Gasteiger partial charge on any atom is -0.493 e. The number of rotatable bonds is 7. The SMILES string of the molecule is CO/C(=C\c1cccc2[nH]ccc12)S(=O)(=O)c1cc(OC)c(OC)c(OC)c1. The zero-order valence-electron chi connectivity index (χ0n) is 16.0. The molecule has 0 bridgehead atoms. The van der Waals surface area contributed by atoms with Crippen molar-refractivity contribution in [3.63, 3.8) is 0 Å². The van der Waals surface area contributed by atoms with Gasteiger partial charge in [0.2, 0.25) is 20.7 Å². The van der Waals surface area contributed by atoms with E-state index in [1.54, 1.807) is 6.20 Å². The number of aromatic nitrogens is 1.